The molecule has 6 heteroatoms. The number of nitrogens with one attached hydrogen (secondary N) is 1. The Bertz CT molecular complexity index is 652. The van der Waals surface area contributed by atoms with E-state index in [4.69, 9.17) is 4.74 Å². The molecule has 4 rings (SSSR count). The van der Waals surface area contributed by atoms with Gasteiger partial charge in [-0.2, -0.15) is 0 Å². The van der Waals surface area contributed by atoms with Gasteiger partial charge in [-0.05, 0) is 42.9 Å². The normalized spacial score (nSPS) is 24.6. The van der Waals surface area contributed by atoms with Gasteiger partial charge in [0.2, 0.25) is 11.8 Å². The SMILES string of the molecule is O=C(CC1COC2(C1)CN(C(=O)C1CCCC1)C2)NCc1ccncc1. The number of pyridine rings is 1. The maximum Gasteiger partial charge on any atom is 0.225 e. The molecule has 1 aromatic rings. The van der Waals surface area contributed by atoms with Crippen LogP contribution in [0.25, 0.3) is 0 Å². The molecule has 0 aromatic carbocycles. The molecular formula is C20H27N3O3. The Morgan fingerprint density at radius 3 is 2.69 bits per heavy atom. The largest absolute Gasteiger partial charge is 0.371 e. The van der Waals surface area contributed by atoms with Gasteiger partial charge in [0.15, 0.2) is 0 Å². The van der Waals surface area contributed by atoms with Crippen molar-refractivity contribution in [2.24, 2.45) is 11.8 Å². The van der Waals surface area contributed by atoms with Crippen LogP contribution >= 0.6 is 0 Å². The van der Waals surface area contributed by atoms with Crippen LogP contribution in [-0.2, 0) is 20.9 Å². The maximum atomic E-state index is 12.4. The summed E-state index contributed by atoms with van der Waals surface area (Å²) in [6, 6.07) is 3.80. The predicted octanol–water partition coefficient (Wildman–Crippen LogP) is 1.90. The highest BCUT2D eigenvalue weighted by molar-refractivity contribution is 5.80. The Hall–Kier alpha value is -1.95. The minimum absolute atomic E-state index is 0.0608. The molecule has 0 bridgehead atoms. The van der Waals surface area contributed by atoms with Gasteiger partial charge >= 0.3 is 0 Å². The molecule has 1 aliphatic carbocycles. The van der Waals surface area contributed by atoms with Crippen molar-refractivity contribution in [3.8, 4) is 0 Å². The second kappa shape index (κ2) is 7.35. The van der Waals surface area contributed by atoms with Crippen molar-refractivity contribution in [2.45, 2.75) is 50.7 Å². The quantitative estimate of drug-likeness (QED) is 0.874. The summed E-state index contributed by atoms with van der Waals surface area (Å²) in [5, 5.41) is 2.97. The minimum Gasteiger partial charge on any atom is -0.371 e. The highest BCUT2D eigenvalue weighted by atomic mass is 16.5. The molecule has 3 aliphatic rings. The topological polar surface area (TPSA) is 71.5 Å². The Morgan fingerprint density at radius 1 is 1.23 bits per heavy atom. The highest BCUT2D eigenvalue weighted by Crippen LogP contribution is 2.40. The fraction of sp³-hybridized carbons (Fsp3) is 0.650. The average molecular weight is 357 g/mol. The van der Waals surface area contributed by atoms with Crippen LogP contribution in [-0.4, -0.2) is 47.0 Å². The van der Waals surface area contributed by atoms with Gasteiger partial charge in [-0.1, -0.05) is 12.8 Å². The summed E-state index contributed by atoms with van der Waals surface area (Å²) < 4.78 is 6.01. The van der Waals surface area contributed by atoms with Crippen LogP contribution in [0.4, 0.5) is 0 Å². The molecule has 2 aliphatic heterocycles. The summed E-state index contributed by atoms with van der Waals surface area (Å²) in [6.45, 7) is 2.56. The zero-order valence-electron chi connectivity index (χ0n) is 15.2. The van der Waals surface area contributed by atoms with E-state index in [2.05, 4.69) is 10.3 Å². The Kier molecular flexibility index (Phi) is 4.94. The van der Waals surface area contributed by atoms with Crippen molar-refractivity contribution in [1.29, 1.82) is 0 Å². The molecule has 26 heavy (non-hydrogen) atoms. The van der Waals surface area contributed by atoms with Crippen molar-refractivity contribution < 1.29 is 14.3 Å². The molecule has 1 atom stereocenters. The van der Waals surface area contributed by atoms with E-state index in [0.717, 1.165) is 24.8 Å². The van der Waals surface area contributed by atoms with Gasteiger partial charge in [-0.25, -0.2) is 0 Å². The predicted molar refractivity (Wildman–Crippen MR) is 96.0 cm³/mol. The van der Waals surface area contributed by atoms with Gasteiger partial charge in [-0.15, -0.1) is 0 Å². The lowest BCUT2D eigenvalue weighted by Gasteiger charge is -2.48. The van der Waals surface area contributed by atoms with E-state index in [1.165, 1.54) is 12.8 Å². The molecule has 1 spiro atoms. The number of rotatable bonds is 5. The first-order chi connectivity index (χ1) is 12.6. The summed E-state index contributed by atoms with van der Waals surface area (Å²) in [4.78, 5) is 30.6. The number of hydrogen-bond donors (Lipinski definition) is 1. The van der Waals surface area contributed by atoms with E-state index in [-0.39, 0.29) is 23.3 Å². The second-order valence-electron chi connectivity index (χ2n) is 8.08. The molecule has 1 aromatic heterocycles. The lowest BCUT2D eigenvalue weighted by Crippen LogP contribution is -2.64. The van der Waals surface area contributed by atoms with Gasteiger partial charge in [-0.3, -0.25) is 14.6 Å². The van der Waals surface area contributed by atoms with E-state index < -0.39 is 0 Å². The monoisotopic (exact) mass is 357 g/mol. The lowest BCUT2D eigenvalue weighted by molar-refractivity contribution is -0.161. The van der Waals surface area contributed by atoms with E-state index in [1.807, 2.05) is 17.0 Å². The summed E-state index contributed by atoms with van der Waals surface area (Å²) in [5.41, 5.74) is 0.858. The van der Waals surface area contributed by atoms with E-state index in [1.54, 1.807) is 12.4 Å². The molecule has 2 amide bonds. The Morgan fingerprint density at radius 2 is 1.96 bits per heavy atom. The standard InChI is InChI=1S/C20H27N3O3/c24-18(22-11-15-5-7-21-8-6-15)9-16-10-20(26-12-16)13-23(14-20)19(25)17-3-1-2-4-17/h5-8,16-17H,1-4,9-14H2,(H,22,24). The molecular weight excluding hydrogens is 330 g/mol. The zero-order chi connectivity index (χ0) is 18.0. The smallest absolute Gasteiger partial charge is 0.225 e. The molecule has 140 valence electrons. The fourth-order valence-corrected chi connectivity index (χ4v) is 4.56. The van der Waals surface area contributed by atoms with Gasteiger partial charge < -0.3 is 15.0 Å². The van der Waals surface area contributed by atoms with Gasteiger partial charge in [0.05, 0.1) is 19.7 Å². The number of carbonyl (C=O) groups excluding carboxylic acids is 2. The van der Waals surface area contributed by atoms with Crippen LogP contribution in [0.1, 0.15) is 44.1 Å². The van der Waals surface area contributed by atoms with Crippen LogP contribution in [0.5, 0.6) is 0 Å². The number of ether oxygens (including phenoxy) is 1. The third-order valence-electron chi connectivity index (χ3n) is 5.97. The summed E-state index contributed by atoms with van der Waals surface area (Å²) >= 11 is 0. The van der Waals surface area contributed by atoms with Gasteiger partial charge in [0.25, 0.3) is 0 Å². The molecule has 1 unspecified atom stereocenters. The maximum absolute atomic E-state index is 12.4. The van der Waals surface area contributed by atoms with Crippen LogP contribution in [0, 0.1) is 11.8 Å². The number of hydrogen-bond acceptors (Lipinski definition) is 4. The van der Waals surface area contributed by atoms with Crippen molar-refractivity contribution >= 4 is 11.8 Å². The van der Waals surface area contributed by atoms with E-state index in [9.17, 15) is 9.59 Å². The first kappa shape index (κ1) is 17.5. The third kappa shape index (κ3) is 3.75. The van der Waals surface area contributed by atoms with Crippen LogP contribution in [0.3, 0.4) is 0 Å². The number of carbonyl (C=O) groups is 2. The Balaban J connectivity index is 1.19. The summed E-state index contributed by atoms with van der Waals surface area (Å²) in [5.74, 6) is 0.862. The number of nitrogens with zero attached hydrogens (tertiary/aromatic N) is 2. The van der Waals surface area contributed by atoms with Crippen LogP contribution in [0.15, 0.2) is 24.5 Å². The second-order valence-corrected chi connectivity index (χ2v) is 8.08. The summed E-state index contributed by atoms with van der Waals surface area (Å²) in [7, 11) is 0. The van der Waals surface area contributed by atoms with E-state index >= 15 is 0 Å². The molecule has 1 saturated carbocycles. The third-order valence-corrected chi connectivity index (χ3v) is 5.97. The molecule has 0 radical (unpaired) electrons. The van der Waals surface area contributed by atoms with E-state index in [0.29, 0.717) is 38.6 Å². The first-order valence-electron chi connectivity index (χ1n) is 9.72. The first-order valence-corrected chi connectivity index (χ1v) is 9.72. The molecule has 1 N–H and O–H groups in total. The summed E-state index contributed by atoms with van der Waals surface area (Å²) in [6.07, 6.45) is 9.28. The highest BCUT2D eigenvalue weighted by Gasteiger charge is 2.52. The Labute approximate surface area is 154 Å². The zero-order valence-corrected chi connectivity index (χ0v) is 15.2. The number of amides is 2. The van der Waals surface area contributed by atoms with Gasteiger partial charge in [0, 0.05) is 31.3 Å². The number of aromatic nitrogens is 1. The van der Waals surface area contributed by atoms with Crippen LogP contribution in [0.2, 0.25) is 0 Å². The lowest BCUT2D eigenvalue weighted by atomic mass is 9.85. The van der Waals surface area contributed by atoms with Crippen molar-refractivity contribution in [2.75, 3.05) is 19.7 Å². The molecule has 3 heterocycles. The molecule has 6 nitrogen and oxygen atoms in total. The van der Waals surface area contributed by atoms with Gasteiger partial charge in [0.1, 0.15) is 5.60 Å². The van der Waals surface area contributed by atoms with Crippen molar-refractivity contribution in [3.63, 3.8) is 0 Å². The fourth-order valence-electron chi connectivity index (χ4n) is 4.56. The van der Waals surface area contributed by atoms with Crippen molar-refractivity contribution in [3.05, 3.63) is 30.1 Å². The molecule has 3 fully saturated rings. The van der Waals surface area contributed by atoms with Crippen molar-refractivity contribution in [1.82, 2.24) is 15.2 Å². The van der Waals surface area contributed by atoms with Crippen LogP contribution < -0.4 is 5.32 Å². The average Bonchev–Trinajstić information content (AvgIpc) is 3.29. The molecule has 2 saturated heterocycles. The minimum atomic E-state index is -0.190. The number of likely N-dealkylation sites (tertiary alicyclic amines) is 1.